The van der Waals surface area contributed by atoms with Crippen LogP contribution >= 0.6 is 0 Å². The van der Waals surface area contributed by atoms with E-state index in [1.807, 2.05) is 0 Å². The minimum atomic E-state index is -0.310. The number of rotatable bonds is 5. The number of hydrogen-bond acceptors (Lipinski definition) is 5. The molecule has 0 unspecified atom stereocenters. The van der Waals surface area contributed by atoms with Gasteiger partial charge in [-0.15, -0.1) is 0 Å². The highest BCUT2D eigenvalue weighted by molar-refractivity contribution is 6.39. The molecule has 3 aliphatic rings. The van der Waals surface area contributed by atoms with E-state index in [4.69, 9.17) is 4.84 Å². The molecule has 2 fully saturated rings. The average Bonchev–Trinajstić information content (AvgIpc) is 3.18. The SMILES string of the molecule is CN(C)c1ccc(CN2CC[C@]3(CC(C(=O)NC4CCC4)=NO3)C2)cc1. The molecule has 1 N–H and O–H groups in total. The summed E-state index contributed by atoms with van der Waals surface area (Å²) in [6.45, 7) is 2.71. The molecule has 1 amide bonds. The lowest BCUT2D eigenvalue weighted by Crippen LogP contribution is -2.43. The molecule has 140 valence electrons. The predicted octanol–water partition coefficient (Wildman–Crippen LogP) is 2.14. The molecule has 1 aromatic carbocycles. The first-order chi connectivity index (χ1) is 12.5. The van der Waals surface area contributed by atoms with Gasteiger partial charge in [0.15, 0.2) is 5.60 Å². The second-order valence-electron chi connectivity index (χ2n) is 8.11. The van der Waals surface area contributed by atoms with Crippen LogP contribution in [0.25, 0.3) is 0 Å². The number of nitrogens with zero attached hydrogens (tertiary/aromatic N) is 3. The van der Waals surface area contributed by atoms with E-state index in [0.717, 1.165) is 38.9 Å². The summed E-state index contributed by atoms with van der Waals surface area (Å²) in [5.74, 6) is -0.0377. The van der Waals surface area contributed by atoms with E-state index in [1.54, 1.807) is 0 Å². The molecule has 0 aromatic heterocycles. The molecular formula is C20H28N4O2. The van der Waals surface area contributed by atoms with Gasteiger partial charge in [-0.1, -0.05) is 17.3 Å². The Bertz CT molecular complexity index is 696. The summed E-state index contributed by atoms with van der Waals surface area (Å²) in [5.41, 5.74) is 2.76. The average molecular weight is 356 g/mol. The Balaban J connectivity index is 1.30. The van der Waals surface area contributed by atoms with Crippen molar-refractivity contribution in [1.29, 1.82) is 0 Å². The van der Waals surface area contributed by atoms with Crippen molar-refractivity contribution in [2.45, 2.75) is 50.3 Å². The zero-order valence-electron chi connectivity index (χ0n) is 15.7. The van der Waals surface area contributed by atoms with Crippen molar-refractivity contribution < 1.29 is 9.63 Å². The number of nitrogens with one attached hydrogen (secondary N) is 1. The summed E-state index contributed by atoms with van der Waals surface area (Å²) in [4.78, 5) is 22.6. The molecule has 0 radical (unpaired) electrons. The fourth-order valence-electron chi connectivity index (χ4n) is 3.90. The Hall–Kier alpha value is -2.08. The third kappa shape index (κ3) is 3.56. The van der Waals surface area contributed by atoms with Crippen LogP contribution in [-0.2, 0) is 16.2 Å². The van der Waals surface area contributed by atoms with Gasteiger partial charge in [0, 0.05) is 58.3 Å². The first-order valence-electron chi connectivity index (χ1n) is 9.58. The summed E-state index contributed by atoms with van der Waals surface area (Å²) < 4.78 is 0. The molecule has 2 aliphatic heterocycles. The lowest BCUT2D eigenvalue weighted by molar-refractivity contribution is -0.116. The summed E-state index contributed by atoms with van der Waals surface area (Å²) in [6, 6.07) is 9.01. The molecule has 2 heterocycles. The Kier molecular flexibility index (Phi) is 4.61. The normalized spacial score (nSPS) is 25.7. The number of oxime groups is 1. The number of amides is 1. The largest absolute Gasteiger partial charge is 0.387 e. The van der Waals surface area contributed by atoms with E-state index in [2.05, 4.69) is 58.6 Å². The minimum absolute atomic E-state index is 0.0377. The smallest absolute Gasteiger partial charge is 0.269 e. The maximum absolute atomic E-state index is 12.3. The van der Waals surface area contributed by atoms with Crippen molar-refractivity contribution in [2.24, 2.45) is 5.16 Å². The van der Waals surface area contributed by atoms with Gasteiger partial charge in [-0.3, -0.25) is 9.69 Å². The zero-order valence-corrected chi connectivity index (χ0v) is 15.7. The van der Waals surface area contributed by atoms with Crippen LogP contribution in [-0.4, -0.2) is 55.3 Å². The van der Waals surface area contributed by atoms with Crippen LogP contribution in [0.2, 0.25) is 0 Å². The fraction of sp³-hybridized carbons (Fsp3) is 0.600. The van der Waals surface area contributed by atoms with E-state index < -0.39 is 0 Å². The van der Waals surface area contributed by atoms with E-state index >= 15 is 0 Å². The molecule has 1 spiro atoms. The molecule has 1 atom stereocenters. The third-order valence-electron chi connectivity index (χ3n) is 5.80. The monoisotopic (exact) mass is 356 g/mol. The van der Waals surface area contributed by atoms with Gasteiger partial charge in [0.05, 0.1) is 0 Å². The van der Waals surface area contributed by atoms with Gasteiger partial charge in [0.1, 0.15) is 5.71 Å². The first kappa shape index (κ1) is 17.3. The lowest BCUT2D eigenvalue weighted by atomic mass is 9.92. The van der Waals surface area contributed by atoms with E-state index in [0.29, 0.717) is 18.2 Å². The van der Waals surface area contributed by atoms with Crippen LogP contribution < -0.4 is 10.2 Å². The van der Waals surface area contributed by atoms with Crippen LogP contribution in [0.5, 0.6) is 0 Å². The molecule has 0 bridgehead atoms. The van der Waals surface area contributed by atoms with Crippen molar-refractivity contribution in [3.8, 4) is 0 Å². The predicted molar refractivity (Wildman–Crippen MR) is 102 cm³/mol. The molecule has 4 rings (SSSR count). The number of anilines is 1. The maximum Gasteiger partial charge on any atom is 0.269 e. The van der Waals surface area contributed by atoms with Crippen LogP contribution in [0.3, 0.4) is 0 Å². The highest BCUT2D eigenvalue weighted by Crippen LogP contribution is 2.34. The molecule has 1 saturated heterocycles. The first-order valence-corrected chi connectivity index (χ1v) is 9.58. The lowest BCUT2D eigenvalue weighted by Gasteiger charge is -2.26. The van der Waals surface area contributed by atoms with E-state index in [1.165, 1.54) is 17.7 Å². The third-order valence-corrected chi connectivity index (χ3v) is 5.80. The topological polar surface area (TPSA) is 57.2 Å². The summed E-state index contributed by atoms with van der Waals surface area (Å²) in [6.07, 6.45) is 4.94. The molecule has 1 saturated carbocycles. The second-order valence-corrected chi connectivity index (χ2v) is 8.11. The summed E-state index contributed by atoms with van der Waals surface area (Å²) >= 11 is 0. The van der Waals surface area contributed by atoms with Gasteiger partial charge in [0.25, 0.3) is 5.91 Å². The van der Waals surface area contributed by atoms with Crippen LogP contribution in [0, 0.1) is 0 Å². The van der Waals surface area contributed by atoms with Gasteiger partial charge >= 0.3 is 0 Å². The highest BCUT2D eigenvalue weighted by atomic mass is 16.7. The van der Waals surface area contributed by atoms with Gasteiger partial charge in [-0.05, 0) is 37.0 Å². The standard InChI is InChI=1S/C20H28N4O2/c1-23(2)17-8-6-15(7-9-17)13-24-11-10-20(14-24)12-18(22-26-20)19(25)21-16-4-3-5-16/h6-9,16H,3-5,10-14H2,1-2H3,(H,21,25)/t20-/m0/s1. The van der Waals surface area contributed by atoms with Crippen molar-refractivity contribution in [2.75, 3.05) is 32.1 Å². The van der Waals surface area contributed by atoms with Crippen LogP contribution in [0.15, 0.2) is 29.4 Å². The van der Waals surface area contributed by atoms with Gasteiger partial charge in [-0.25, -0.2) is 0 Å². The highest BCUT2D eigenvalue weighted by Gasteiger charge is 2.46. The number of hydrogen-bond donors (Lipinski definition) is 1. The van der Waals surface area contributed by atoms with Gasteiger partial charge in [0.2, 0.25) is 0 Å². The van der Waals surface area contributed by atoms with Gasteiger partial charge < -0.3 is 15.1 Å². The molecule has 6 nitrogen and oxygen atoms in total. The molecule has 1 aliphatic carbocycles. The fourth-order valence-corrected chi connectivity index (χ4v) is 3.90. The number of carbonyl (C=O) groups is 1. The number of benzene rings is 1. The quantitative estimate of drug-likeness (QED) is 0.878. The Morgan fingerprint density at radius 1 is 1.35 bits per heavy atom. The molecular weight excluding hydrogens is 328 g/mol. The van der Waals surface area contributed by atoms with Gasteiger partial charge in [-0.2, -0.15) is 0 Å². The van der Waals surface area contributed by atoms with Crippen molar-refractivity contribution in [3.05, 3.63) is 29.8 Å². The Labute approximate surface area is 155 Å². The maximum atomic E-state index is 12.3. The Morgan fingerprint density at radius 2 is 2.12 bits per heavy atom. The summed E-state index contributed by atoms with van der Waals surface area (Å²) in [5, 5.41) is 7.19. The van der Waals surface area contributed by atoms with Crippen molar-refractivity contribution in [1.82, 2.24) is 10.2 Å². The van der Waals surface area contributed by atoms with Crippen molar-refractivity contribution >= 4 is 17.3 Å². The minimum Gasteiger partial charge on any atom is -0.387 e. The van der Waals surface area contributed by atoms with Crippen LogP contribution in [0.4, 0.5) is 5.69 Å². The summed E-state index contributed by atoms with van der Waals surface area (Å²) in [7, 11) is 4.10. The van der Waals surface area contributed by atoms with Crippen LogP contribution in [0.1, 0.15) is 37.7 Å². The van der Waals surface area contributed by atoms with E-state index in [-0.39, 0.29) is 11.5 Å². The molecule has 1 aromatic rings. The molecule has 6 heteroatoms. The number of likely N-dealkylation sites (tertiary alicyclic amines) is 1. The zero-order chi connectivity index (χ0) is 18.1. The second kappa shape index (κ2) is 6.91. The molecule has 26 heavy (non-hydrogen) atoms. The van der Waals surface area contributed by atoms with E-state index in [9.17, 15) is 4.79 Å². The Morgan fingerprint density at radius 3 is 2.77 bits per heavy atom. The number of carbonyl (C=O) groups excluding carboxylic acids is 1. The van der Waals surface area contributed by atoms with Crippen molar-refractivity contribution in [3.63, 3.8) is 0 Å².